The van der Waals surface area contributed by atoms with Crippen molar-refractivity contribution >= 4 is 5.84 Å². The summed E-state index contributed by atoms with van der Waals surface area (Å²) in [5.41, 5.74) is 5.40. The van der Waals surface area contributed by atoms with Crippen LogP contribution < -0.4 is 5.73 Å². The number of ether oxygens (including phenoxy) is 1. The van der Waals surface area contributed by atoms with E-state index in [-0.39, 0.29) is 0 Å². The standard InChI is InChI=1S/C10H21N3O2/c1-8-9(5-7-15-8)13(2)6-3-4-10(11)12-14/h8-9,14H,3-7H2,1-2H3,(H2,11,12). The Morgan fingerprint density at radius 3 is 2.93 bits per heavy atom. The zero-order chi connectivity index (χ0) is 11.3. The molecule has 1 fully saturated rings. The lowest BCUT2D eigenvalue weighted by molar-refractivity contribution is 0.0835. The van der Waals surface area contributed by atoms with Gasteiger partial charge in [-0.05, 0) is 33.4 Å². The van der Waals surface area contributed by atoms with Crippen LogP contribution in [0.15, 0.2) is 5.16 Å². The molecule has 5 nitrogen and oxygen atoms in total. The van der Waals surface area contributed by atoms with Gasteiger partial charge in [0.1, 0.15) is 5.84 Å². The zero-order valence-corrected chi connectivity index (χ0v) is 9.52. The van der Waals surface area contributed by atoms with Crippen LogP contribution in [0.4, 0.5) is 0 Å². The first-order valence-corrected chi connectivity index (χ1v) is 5.43. The molecule has 5 heteroatoms. The van der Waals surface area contributed by atoms with E-state index in [0.29, 0.717) is 24.4 Å². The van der Waals surface area contributed by atoms with Crippen molar-refractivity contribution < 1.29 is 9.94 Å². The Balaban J connectivity index is 2.21. The lowest BCUT2D eigenvalue weighted by Gasteiger charge is -2.26. The molecule has 1 aliphatic rings. The molecule has 0 radical (unpaired) electrons. The van der Waals surface area contributed by atoms with Crippen LogP contribution in [-0.2, 0) is 4.74 Å². The van der Waals surface area contributed by atoms with E-state index in [9.17, 15) is 0 Å². The summed E-state index contributed by atoms with van der Waals surface area (Å²) in [7, 11) is 2.10. The third-order valence-corrected chi connectivity index (χ3v) is 2.97. The number of nitrogens with zero attached hydrogens (tertiary/aromatic N) is 2. The van der Waals surface area contributed by atoms with Gasteiger partial charge in [-0.1, -0.05) is 5.16 Å². The van der Waals surface area contributed by atoms with Crippen molar-refractivity contribution in [3.63, 3.8) is 0 Å². The second kappa shape index (κ2) is 5.92. The van der Waals surface area contributed by atoms with Crippen LogP contribution >= 0.6 is 0 Å². The van der Waals surface area contributed by atoms with Gasteiger partial charge in [0.15, 0.2) is 0 Å². The fourth-order valence-corrected chi connectivity index (χ4v) is 2.02. The van der Waals surface area contributed by atoms with Crippen molar-refractivity contribution in [1.82, 2.24) is 4.90 Å². The predicted octanol–water partition coefficient (Wildman–Crippen LogP) is 0.622. The maximum atomic E-state index is 8.38. The molecule has 0 aromatic heterocycles. The molecule has 0 amide bonds. The number of hydrogen-bond donors (Lipinski definition) is 2. The van der Waals surface area contributed by atoms with Crippen molar-refractivity contribution in [2.75, 3.05) is 20.2 Å². The first-order valence-electron chi connectivity index (χ1n) is 5.43. The maximum absolute atomic E-state index is 8.38. The molecule has 0 saturated carbocycles. The number of amidine groups is 1. The van der Waals surface area contributed by atoms with Crippen LogP contribution in [0, 0.1) is 0 Å². The largest absolute Gasteiger partial charge is 0.409 e. The molecule has 0 bridgehead atoms. The number of nitrogens with two attached hydrogens (primary N) is 1. The van der Waals surface area contributed by atoms with Gasteiger partial charge < -0.3 is 20.6 Å². The van der Waals surface area contributed by atoms with Gasteiger partial charge in [0, 0.05) is 19.1 Å². The Labute approximate surface area is 90.9 Å². The molecule has 0 aromatic rings. The molecule has 15 heavy (non-hydrogen) atoms. The van der Waals surface area contributed by atoms with Gasteiger partial charge >= 0.3 is 0 Å². The minimum Gasteiger partial charge on any atom is -0.409 e. The summed E-state index contributed by atoms with van der Waals surface area (Å²) in [6.07, 6.45) is 2.97. The average Bonchev–Trinajstić information content (AvgIpc) is 2.64. The molecule has 88 valence electrons. The monoisotopic (exact) mass is 215 g/mol. The first-order chi connectivity index (χ1) is 7.15. The fourth-order valence-electron chi connectivity index (χ4n) is 2.02. The normalized spacial score (nSPS) is 27.5. The van der Waals surface area contributed by atoms with Gasteiger partial charge in [-0.2, -0.15) is 0 Å². The van der Waals surface area contributed by atoms with Crippen molar-refractivity contribution in [2.45, 2.75) is 38.3 Å². The number of hydrogen-bond acceptors (Lipinski definition) is 4. The van der Waals surface area contributed by atoms with Crippen LogP contribution in [0.5, 0.6) is 0 Å². The third-order valence-electron chi connectivity index (χ3n) is 2.97. The molecule has 1 aliphatic heterocycles. The van der Waals surface area contributed by atoms with Crippen molar-refractivity contribution in [3.05, 3.63) is 0 Å². The molecular formula is C10H21N3O2. The van der Waals surface area contributed by atoms with Gasteiger partial charge in [-0.25, -0.2) is 0 Å². The summed E-state index contributed by atoms with van der Waals surface area (Å²) in [6.45, 7) is 3.92. The van der Waals surface area contributed by atoms with E-state index in [1.165, 1.54) is 0 Å². The van der Waals surface area contributed by atoms with E-state index in [1.54, 1.807) is 0 Å². The molecule has 0 aliphatic carbocycles. The Morgan fingerprint density at radius 1 is 1.67 bits per heavy atom. The highest BCUT2D eigenvalue weighted by Crippen LogP contribution is 2.18. The van der Waals surface area contributed by atoms with E-state index in [4.69, 9.17) is 15.7 Å². The highest BCUT2D eigenvalue weighted by atomic mass is 16.5. The van der Waals surface area contributed by atoms with Crippen LogP contribution in [0.25, 0.3) is 0 Å². The fraction of sp³-hybridized carbons (Fsp3) is 0.900. The molecule has 2 unspecified atom stereocenters. The van der Waals surface area contributed by atoms with E-state index in [2.05, 4.69) is 24.0 Å². The molecule has 1 heterocycles. The molecule has 1 rings (SSSR count). The average molecular weight is 215 g/mol. The molecule has 0 aromatic carbocycles. The van der Waals surface area contributed by atoms with Gasteiger partial charge in [0.25, 0.3) is 0 Å². The first kappa shape index (κ1) is 12.3. The van der Waals surface area contributed by atoms with E-state index in [0.717, 1.165) is 26.0 Å². The van der Waals surface area contributed by atoms with Crippen LogP contribution in [0.2, 0.25) is 0 Å². The summed E-state index contributed by atoms with van der Waals surface area (Å²) in [5, 5.41) is 11.3. The van der Waals surface area contributed by atoms with Crippen molar-refractivity contribution in [3.8, 4) is 0 Å². The van der Waals surface area contributed by atoms with E-state index < -0.39 is 0 Å². The van der Waals surface area contributed by atoms with Gasteiger partial charge in [-0.15, -0.1) is 0 Å². The van der Waals surface area contributed by atoms with Gasteiger partial charge in [0.2, 0.25) is 0 Å². The van der Waals surface area contributed by atoms with Crippen LogP contribution in [0.3, 0.4) is 0 Å². The second-order valence-electron chi connectivity index (χ2n) is 4.11. The SMILES string of the molecule is CC1OCCC1N(C)CCCC(N)=NO. The van der Waals surface area contributed by atoms with Crippen molar-refractivity contribution in [2.24, 2.45) is 10.9 Å². The van der Waals surface area contributed by atoms with Gasteiger partial charge in [-0.3, -0.25) is 0 Å². The summed E-state index contributed by atoms with van der Waals surface area (Å²) in [5.74, 6) is 0.305. The molecule has 1 saturated heterocycles. The molecule has 0 spiro atoms. The molecule has 2 atom stereocenters. The Kier molecular flexibility index (Phi) is 4.84. The summed E-state index contributed by atoms with van der Waals surface area (Å²) >= 11 is 0. The van der Waals surface area contributed by atoms with Crippen LogP contribution in [-0.4, -0.2) is 48.3 Å². The highest BCUT2D eigenvalue weighted by Gasteiger charge is 2.27. The second-order valence-corrected chi connectivity index (χ2v) is 4.11. The zero-order valence-electron chi connectivity index (χ0n) is 9.52. The van der Waals surface area contributed by atoms with Crippen LogP contribution in [0.1, 0.15) is 26.2 Å². The Bertz CT molecular complexity index is 221. The topological polar surface area (TPSA) is 71.1 Å². The quantitative estimate of drug-likeness (QED) is 0.305. The number of likely N-dealkylation sites (N-methyl/N-ethyl adjacent to an activating group) is 1. The maximum Gasteiger partial charge on any atom is 0.139 e. The lowest BCUT2D eigenvalue weighted by Crippen LogP contribution is -2.37. The number of rotatable bonds is 5. The van der Waals surface area contributed by atoms with E-state index >= 15 is 0 Å². The molecule has 3 N–H and O–H groups in total. The van der Waals surface area contributed by atoms with Gasteiger partial charge in [0.05, 0.1) is 6.10 Å². The smallest absolute Gasteiger partial charge is 0.139 e. The minimum absolute atomic E-state index is 0.305. The number of oxime groups is 1. The summed E-state index contributed by atoms with van der Waals surface area (Å²) in [6, 6.07) is 0.511. The predicted molar refractivity (Wildman–Crippen MR) is 59.1 cm³/mol. The van der Waals surface area contributed by atoms with E-state index in [1.807, 2.05) is 0 Å². The van der Waals surface area contributed by atoms with Crippen molar-refractivity contribution in [1.29, 1.82) is 0 Å². The Morgan fingerprint density at radius 2 is 2.40 bits per heavy atom. The lowest BCUT2D eigenvalue weighted by atomic mass is 10.1. The summed E-state index contributed by atoms with van der Waals surface area (Å²) < 4.78 is 5.51. The third kappa shape index (κ3) is 3.68. The Hall–Kier alpha value is -0.810. The summed E-state index contributed by atoms with van der Waals surface area (Å²) in [4.78, 5) is 2.29. The minimum atomic E-state index is 0.305. The highest BCUT2D eigenvalue weighted by molar-refractivity contribution is 5.79. The molecular weight excluding hydrogens is 194 g/mol.